The Bertz CT molecular complexity index is 1260. The van der Waals surface area contributed by atoms with Crippen LogP contribution in [0, 0.1) is 0 Å². The minimum atomic E-state index is -0.785. The lowest BCUT2D eigenvalue weighted by Gasteiger charge is -2.42. The van der Waals surface area contributed by atoms with Crippen molar-refractivity contribution in [2.75, 3.05) is 6.54 Å². The van der Waals surface area contributed by atoms with Crippen LogP contribution in [-0.2, 0) is 20.5 Å². The van der Waals surface area contributed by atoms with Gasteiger partial charge < -0.3 is 14.6 Å². The molecule has 1 aliphatic heterocycles. The van der Waals surface area contributed by atoms with Crippen LogP contribution in [0.25, 0.3) is 6.08 Å². The van der Waals surface area contributed by atoms with E-state index in [1.54, 1.807) is 0 Å². The van der Waals surface area contributed by atoms with Crippen molar-refractivity contribution < 1.29 is 9.31 Å². The van der Waals surface area contributed by atoms with Crippen LogP contribution >= 0.6 is 0 Å². The van der Waals surface area contributed by atoms with Gasteiger partial charge in [0.15, 0.2) is 0 Å². The van der Waals surface area contributed by atoms with Crippen LogP contribution in [0.1, 0.15) is 42.5 Å². The second kappa shape index (κ2) is 10.9. The third-order valence-corrected chi connectivity index (χ3v) is 7.56. The van der Waals surface area contributed by atoms with Gasteiger partial charge in [-0.1, -0.05) is 128 Å². The molecule has 4 aromatic carbocycles. The van der Waals surface area contributed by atoms with Gasteiger partial charge in [-0.15, -0.1) is 0 Å². The van der Waals surface area contributed by atoms with Crippen LogP contribution in [0.3, 0.4) is 0 Å². The number of rotatable bonds is 5. The molecule has 37 heavy (non-hydrogen) atoms. The van der Waals surface area contributed by atoms with Gasteiger partial charge in [-0.25, -0.2) is 0 Å². The van der Waals surface area contributed by atoms with Gasteiger partial charge in [0.2, 0.25) is 0 Å². The number of nitrogens with one attached hydrogen (secondary N) is 1. The second-order valence-corrected chi connectivity index (χ2v) is 9.93. The highest BCUT2D eigenvalue weighted by molar-refractivity contribution is 6.61. The smallest absolute Gasteiger partial charge is 0.398 e. The van der Waals surface area contributed by atoms with E-state index >= 15 is 0 Å². The van der Waals surface area contributed by atoms with E-state index in [1.807, 2.05) is 24.3 Å². The van der Waals surface area contributed by atoms with Crippen molar-refractivity contribution in [2.45, 2.75) is 37.5 Å². The van der Waals surface area contributed by atoms with Crippen molar-refractivity contribution in [1.29, 1.82) is 0 Å². The summed E-state index contributed by atoms with van der Waals surface area (Å²) in [6.07, 6.45) is 2.65. The highest BCUT2D eigenvalue weighted by Crippen LogP contribution is 2.41. The Morgan fingerprint density at radius 3 is 1.78 bits per heavy atom. The van der Waals surface area contributed by atoms with Crippen molar-refractivity contribution in [3.05, 3.63) is 144 Å². The van der Waals surface area contributed by atoms with Crippen LogP contribution in [0.4, 0.5) is 0 Å². The molecular formula is C33H34BNO2. The van der Waals surface area contributed by atoms with Crippen LogP contribution in [-0.4, -0.2) is 19.7 Å². The summed E-state index contributed by atoms with van der Waals surface area (Å²) in [7, 11) is -0.619. The summed E-state index contributed by atoms with van der Waals surface area (Å²) in [5.74, 6) is 0. The van der Waals surface area contributed by atoms with Gasteiger partial charge >= 0.3 is 7.12 Å². The van der Waals surface area contributed by atoms with Crippen molar-refractivity contribution >= 4 is 18.7 Å². The number of hydrogen-bond acceptors (Lipinski definition) is 3. The van der Waals surface area contributed by atoms with E-state index in [9.17, 15) is 0 Å². The van der Waals surface area contributed by atoms with E-state index in [4.69, 9.17) is 9.31 Å². The van der Waals surface area contributed by atoms with E-state index in [-0.39, 0.29) is 6.04 Å². The molecular weight excluding hydrogens is 453 g/mol. The minimum absolute atomic E-state index is 0.0334. The Labute approximate surface area is 221 Å². The molecule has 3 nitrogen and oxygen atoms in total. The molecule has 0 bridgehead atoms. The minimum Gasteiger partial charge on any atom is -0.398 e. The molecule has 1 fully saturated rings. The summed E-state index contributed by atoms with van der Waals surface area (Å²) < 4.78 is 14.4. The summed E-state index contributed by atoms with van der Waals surface area (Å²) in [6.45, 7) is 9.07. The van der Waals surface area contributed by atoms with Crippen LogP contribution in [0.2, 0.25) is 0 Å². The SMILES string of the molecule is C=Cc1ccc(B2OC(c3ccccc3)(c3ccccc3)[C@H](C)NCC[C@@](C)(c3ccccc3)O2)cc1. The fraction of sp³-hybridized carbons (Fsp3) is 0.212. The van der Waals surface area contributed by atoms with Crippen LogP contribution in [0.5, 0.6) is 0 Å². The molecule has 0 spiro atoms. The molecule has 4 aromatic rings. The van der Waals surface area contributed by atoms with Gasteiger partial charge in [-0.3, -0.25) is 0 Å². The molecule has 0 aliphatic carbocycles. The number of hydrogen-bond donors (Lipinski definition) is 1. The lowest BCUT2D eigenvalue weighted by atomic mass is 9.72. The predicted octanol–water partition coefficient (Wildman–Crippen LogP) is 6.30. The average Bonchev–Trinajstić information content (AvgIpc) is 3.02. The lowest BCUT2D eigenvalue weighted by Crippen LogP contribution is -2.54. The Hall–Kier alpha value is -3.44. The first kappa shape index (κ1) is 25.2. The standard InChI is InChI=1S/C33H34BNO2/c1-4-27-20-22-31(23-21-27)34-36-32(3,28-14-8-5-9-15-28)24-25-35-26(2)33(37-34,29-16-10-6-11-17-29)30-18-12-7-13-19-30/h4-23,26,35H,1,24-25H2,2-3H3/t26-,32-/m0/s1. The fourth-order valence-corrected chi connectivity index (χ4v) is 5.36. The zero-order valence-corrected chi connectivity index (χ0v) is 21.6. The first-order chi connectivity index (χ1) is 18.0. The van der Waals surface area contributed by atoms with Crippen molar-refractivity contribution in [3.8, 4) is 0 Å². The topological polar surface area (TPSA) is 30.5 Å². The van der Waals surface area contributed by atoms with E-state index < -0.39 is 18.3 Å². The molecule has 0 unspecified atom stereocenters. The van der Waals surface area contributed by atoms with E-state index in [0.717, 1.165) is 40.7 Å². The summed E-state index contributed by atoms with van der Waals surface area (Å²) in [5, 5.41) is 3.81. The highest BCUT2D eigenvalue weighted by atomic mass is 16.6. The summed E-state index contributed by atoms with van der Waals surface area (Å²) >= 11 is 0. The molecule has 1 heterocycles. The maximum Gasteiger partial charge on any atom is 0.495 e. The average molecular weight is 487 g/mol. The van der Waals surface area contributed by atoms with Gasteiger partial charge in [0.05, 0.1) is 5.60 Å². The van der Waals surface area contributed by atoms with Gasteiger partial charge in [-0.2, -0.15) is 0 Å². The van der Waals surface area contributed by atoms with Crippen LogP contribution < -0.4 is 10.8 Å². The van der Waals surface area contributed by atoms with E-state index in [0.29, 0.717) is 0 Å². The van der Waals surface area contributed by atoms with Crippen LogP contribution in [0.15, 0.2) is 122 Å². The van der Waals surface area contributed by atoms with Crippen molar-refractivity contribution in [3.63, 3.8) is 0 Å². The monoisotopic (exact) mass is 487 g/mol. The largest absolute Gasteiger partial charge is 0.495 e. The molecule has 1 N–H and O–H groups in total. The lowest BCUT2D eigenvalue weighted by molar-refractivity contribution is 0.00878. The van der Waals surface area contributed by atoms with Crippen molar-refractivity contribution in [2.24, 2.45) is 0 Å². The number of benzene rings is 4. The molecule has 1 saturated heterocycles. The van der Waals surface area contributed by atoms with Gasteiger partial charge in [0, 0.05) is 6.04 Å². The third kappa shape index (κ3) is 5.06. The first-order valence-electron chi connectivity index (χ1n) is 13.0. The summed E-state index contributed by atoms with van der Waals surface area (Å²) in [4.78, 5) is 0. The molecule has 0 aromatic heterocycles. The van der Waals surface area contributed by atoms with Gasteiger partial charge in [0.25, 0.3) is 0 Å². The summed E-state index contributed by atoms with van der Waals surface area (Å²) in [5.41, 5.74) is 3.99. The Balaban J connectivity index is 1.70. The molecule has 0 radical (unpaired) electrons. The Kier molecular flexibility index (Phi) is 7.43. The molecule has 2 atom stereocenters. The Morgan fingerprint density at radius 2 is 1.27 bits per heavy atom. The molecule has 0 saturated carbocycles. The Morgan fingerprint density at radius 1 is 0.757 bits per heavy atom. The van der Waals surface area contributed by atoms with Gasteiger partial charge in [0.1, 0.15) is 5.60 Å². The van der Waals surface area contributed by atoms with E-state index in [1.165, 1.54) is 0 Å². The second-order valence-electron chi connectivity index (χ2n) is 9.93. The maximum atomic E-state index is 7.31. The maximum absolute atomic E-state index is 7.31. The molecule has 186 valence electrons. The zero-order valence-electron chi connectivity index (χ0n) is 21.6. The third-order valence-electron chi connectivity index (χ3n) is 7.56. The van der Waals surface area contributed by atoms with Crippen molar-refractivity contribution in [1.82, 2.24) is 5.32 Å². The molecule has 4 heteroatoms. The highest BCUT2D eigenvalue weighted by Gasteiger charge is 2.48. The predicted molar refractivity (Wildman–Crippen MR) is 154 cm³/mol. The quantitative estimate of drug-likeness (QED) is 0.335. The molecule has 5 rings (SSSR count). The fourth-order valence-electron chi connectivity index (χ4n) is 5.36. The zero-order chi connectivity index (χ0) is 25.7. The normalized spacial score (nSPS) is 21.9. The van der Waals surface area contributed by atoms with Gasteiger partial charge in [-0.05, 0) is 54.5 Å². The molecule has 1 aliphatic rings. The first-order valence-corrected chi connectivity index (χ1v) is 13.0. The molecule has 0 amide bonds. The summed E-state index contributed by atoms with van der Waals surface area (Å²) in [6, 6.07) is 39.7. The van der Waals surface area contributed by atoms with E-state index in [2.05, 4.69) is 123 Å².